The Labute approximate surface area is 217 Å². The number of nitrogens with one attached hydrogen (secondary N) is 1. The van der Waals surface area contributed by atoms with Gasteiger partial charge in [-0.25, -0.2) is 4.79 Å². The van der Waals surface area contributed by atoms with E-state index in [9.17, 15) is 24.5 Å². The molecule has 1 spiro atoms. The molecular formula is C26H25N5O7. The number of nitro groups is 1. The van der Waals surface area contributed by atoms with Crippen LogP contribution in [-0.4, -0.2) is 71.6 Å². The van der Waals surface area contributed by atoms with Crippen LogP contribution in [0.5, 0.6) is 11.5 Å². The van der Waals surface area contributed by atoms with Gasteiger partial charge in [-0.15, -0.1) is 6.58 Å². The van der Waals surface area contributed by atoms with Gasteiger partial charge in [-0.05, 0) is 29.3 Å². The minimum atomic E-state index is -1.65. The molecule has 4 heterocycles. The third-order valence-electron chi connectivity index (χ3n) is 7.74. The molecule has 12 nitrogen and oxygen atoms in total. The number of ether oxygens (including phenoxy) is 2. The zero-order valence-electron chi connectivity index (χ0n) is 20.4. The van der Waals surface area contributed by atoms with Crippen LogP contribution >= 0.6 is 0 Å². The van der Waals surface area contributed by atoms with Gasteiger partial charge in [0.1, 0.15) is 0 Å². The van der Waals surface area contributed by atoms with E-state index in [0.29, 0.717) is 43.2 Å². The largest absolute Gasteiger partial charge is 0.454 e. The molecule has 38 heavy (non-hydrogen) atoms. The van der Waals surface area contributed by atoms with Crippen molar-refractivity contribution in [3.05, 3.63) is 70.3 Å². The summed E-state index contributed by atoms with van der Waals surface area (Å²) in [6, 6.07) is 8.86. The molecule has 1 N–H and O–H groups in total. The molecule has 2 aromatic rings. The lowest BCUT2D eigenvalue weighted by atomic mass is 9.67. The van der Waals surface area contributed by atoms with Crippen molar-refractivity contribution < 1.29 is 28.8 Å². The van der Waals surface area contributed by atoms with Gasteiger partial charge in [0.2, 0.25) is 18.6 Å². The molecule has 0 aromatic heterocycles. The summed E-state index contributed by atoms with van der Waals surface area (Å²) in [7, 11) is 0. The molecule has 0 bridgehead atoms. The number of rotatable bonds is 5. The number of nitrogens with zero attached hydrogens (tertiary/aromatic N) is 4. The summed E-state index contributed by atoms with van der Waals surface area (Å²) in [5.74, 6) is 0.0475. The molecule has 0 saturated carbocycles. The number of hydrogen-bond acceptors (Lipinski definition) is 9. The number of urea groups is 1. The number of carbonyl (C=O) groups is 3. The van der Waals surface area contributed by atoms with Crippen molar-refractivity contribution >= 4 is 29.2 Å². The fraction of sp³-hybridized carbons (Fsp3) is 0.346. The van der Waals surface area contributed by atoms with Gasteiger partial charge in [0.05, 0.1) is 11.0 Å². The number of nitro benzene ring substituents is 1. The van der Waals surface area contributed by atoms with Crippen LogP contribution in [-0.2, 0) is 22.6 Å². The Kier molecular flexibility index (Phi) is 5.56. The molecule has 4 amide bonds. The molecule has 2 fully saturated rings. The van der Waals surface area contributed by atoms with Crippen LogP contribution in [0.15, 0.2) is 49.1 Å². The molecular weight excluding hydrogens is 494 g/mol. The third-order valence-corrected chi connectivity index (χ3v) is 7.74. The van der Waals surface area contributed by atoms with E-state index in [1.807, 2.05) is 23.1 Å². The van der Waals surface area contributed by atoms with Crippen molar-refractivity contribution in [3.8, 4) is 11.5 Å². The van der Waals surface area contributed by atoms with E-state index in [1.165, 1.54) is 18.2 Å². The molecule has 6 rings (SSSR count). The lowest BCUT2D eigenvalue weighted by molar-refractivity contribution is -0.384. The SMILES string of the molecule is C=CCN1C(=O)NC(=O)C2(Cc3cc([N+](=O)[O-])ccc3N3CCN(Cc4ccc5c(c4)OCO5)CC32)C1=O. The van der Waals surface area contributed by atoms with Crippen LogP contribution < -0.4 is 19.7 Å². The smallest absolute Gasteiger partial charge is 0.331 e. The van der Waals surface area contributed by atoms with Gasteiger partial charge < -0.3 is 14.4 Å². The van der Waals surface area contributed by atoms with Crippen LogP contribution in [0, 0.1) is 15.5 Å². The number of carbonyl (C=O) groups excluding carboxylic acids is 3. The molecule has 12 heteroatoms. The summed E-state index contributed by atoms with van der Waals surface area (Å²) < 4.78 is 10.9. The van der Waals surface area contributed by atoms with Gasteiger partial charge in [-0.2, -0.15) is 0 Å². The van der Waals surface area contributed by atoms with Crippen LogP contribution in [0.2, 0.25) is 0 Å². The number of benzene rings is 2. The van der Waals surface area contributed by atoms with Crippen molar-refractivity contribution in [1.82, 2.24) is 15.1 Å². The zero-order valence-corrected chi connectivity index (χ0v) is 20.4. The van der Waals surface area contributed by atoms with Crippen molar-refractivity contribution in [2.24, 2.45) is 5.41 Å². The fourth-order valence-electron chi connectivity index (χ4n) is 5.97. The standard InChI is InChI=1S/C26H25N5O7/c1-2-7-30-24(33)26(23(32)27-25(30)34)12-17-11-18(31(35)36)4-5-19(17)29-9-8-28(14-22(26)29)13-16-3-6-20-21(10-16)38-15-37-20/h2-6,10-11,22H,1,7-9,12-15H2,(H,27,32,34). The minimum absolute atomic E-state index is 0.0604. The summed E-state index contributed by atoms with van der Waals surface area (Å²) in [5, 5.41) is 13.9. The summed E-state index contributed by atoms with van der Waals surface area (Å²) in [6.45, 7) is 5.78. The first-order valence-corrected chi connectivity index (χ1v) is 12.2. The van der Waals surface area contributed by atoms with Gasteiger partial charge in [-0.3, -0.25) is 34.8 Å². The highest BCUT2D eigenvalue weighted by molar-refractivity contribution is 6.20. The number of amides is 4. The van der Waals surface area contributed by atoms with Crippen molar-refractivity contribution in [2.75, 3.05) is 37.9 Å². The molecule has 2 saturated heterocycles. The summed E-state index contributed by atoms with van der Waals surface area (Å²) in [4.78, 5) is 56.3. The van der Waals surface area contributed by atoms with Gasteiger partial charge in [0.15, 0.2) is 16.9 Å². The number of fused-ring (bicyclic) bond motifs is 5. The summed E-state index contributed by atoms with van der Waals surface area (Å²) >= 11 is 0. The normalized spacial score (nSPS) is 24.2. The molecule has 2 aromatic carbocycles. The zero-order chi connectivity index (χ0) is 26.6. The number of piperazine rings is 1. The van der Waals surface area contributed by atoms with Crippen molar-refractivity contribution in [3.63, 3.8) is 0 Å². The summed E-state index contributed by atoms with van der Waals surface area (Å²) in [6.07, 6.45) is 1.36. The van der Waals surface area contributed by atoms with Crippen molar-refractivity contribution in [2.45, 2.75) is 19.0 Å². The van der Waals surface area contributed by atoms with E-state index in [0.717, 1.165) is 16.2 Å². The minimum Gasteiger partial charge on any atom is -0.454 e. The second-order valence-electron chi connectivity index (χ2n) is 9.81. The molecule has 0 radical (unpaired) electrons. The maximum atomic E-state index is 14.0. The maximum Gasteiger partial charge on any atom is 0.331 e. The van der Waals surface area contributed by atoms with E-state index in [1.54, 1.807) is 6.07 Å². The summed E-state index contributed by atoms with van der Waals surface area (Å²) in [5.41, 5.74) is 0.498. The highest BCUT2D eigenvalue weighted by Gasteiger charge is 2.62. The van der Waals surface area contributed by atoms with Gasteiger partial charge in [0.25, 0.3) is 5.69 Å². The Balaban J connectivity index is 1.39. The lowest BCUT2D eigenvalue weighted by Crippen LogP contribution is -2.75. The Morgan fingerprint density at radius 1 is 1.13 bits per heavy atom. The molecule has 4 aliphatic rings. The van der Waals surface area contributed by atoms with Gasteiger partial charge in [-0.1, -0.05) is 12.1 Å². The lowest BCUT2D eigenvalue weighted by Gasteiger charge is -2.55. The van der Waals surface area contributed by atoms with Crippen LogP contribution in [0.25, 0.3) is 0 Å². The monoisotopic (exact) mass is 519 g/mol. The first-order valence-electron chi connectivity index (χ1n) is 12.2. The number of barbiturate groups is 1. The second-order valence-corrected chi connectivity index (χ2v) is 9.81. The number of imide groups is 2. The molecule has 196 valence electrons. The highest BCUT2D eigenvalue weighted by atomic mass is 16.7. The second kappa shape index (κ2) is 8.84. The van der Waals surface area contributed by atoms with E-state index < -0.39 is 34.2 Å². The maximum absolute atomic E-state index is 14.0. The predicted molar refractivity (Wildman–Crippen MR) is 134 cm³/mol. The Hall–Kier alpha value is -4.45. The number of anilines is 1. The predicted octanol–water partition coefficient (Wildman–Crippen LogP) is 1.82. The van der Waals surface area contributed by atoms with Gasteiger partial charge in [0, 0.05) is 57.0 Å². The van der Waals surface area contributed by atoms with Crippen molar-refractivity contribution in [1.29, 1.82) is 0 Å². The molecule has 2 atom stereocenters. The van der Waals surface area contributed by atoms with Crippen LogP contribution in [0.3, 0.4) is 0 Å². The average Bonchev–Trinajstić information content (AvgIpc) is 3.37. The topological polar surface area (TPSA) is 135 Å². The molecule has 2 unspecified atom stereocenters. The first kappa shape index (κ1) is 23.9. The van der Waals surface area contributed by atoms with E-state index in [-0.39, 0.29) is 25.4 Å². The Morgan fingerprint density at radius 2 is 1.95 bits per heavy atom. The van der Waals surface area contributed by atoms with Crippen LogP contribution in [0.4, 0.5) is 16.2 Å². The van der Waals surface area contributed by atoms with E-state index in [4.69, 9.17) is 9.47 Å². The van der Waals surface area contributed by atoms with E-state index >= 15 is 0 Å². The average molecular weight is 520 g/mol. The quantitative estimate of drug-likeness (QED) is 0.272. The first-order chi connectivity index (χ1) is 18.3. The number of non-ortho nitro benzene ring substituents is 1. The van der Waals surface area contributed by atoms with Crippen LogP contribution in [0.1, 0.15) is 11.1 Å². The molecule has 4 aliphatic heterocycles. The Bertz CT molecular complexity index is 1390. The van der Waals surface area contributed by atoms with Gasteiger partial charge >= 0.3 is 6.03 Å². The van der Waals surface area contributed by atoms with E-state index in [2.05, 4.69) is 16.8 Å². The highest BCUT2D eigenvalue weighted by Crippen LogP contribution is 2.46. The molecule has 0 aliphatic carbocycles. The number of hydrogen-bond donors (Lipinski definition) is 1. The third kappa shape index (κ3) is 3.59. The fourth-order valence-corrected chi connectivity index (χ4v) is 5.97. The Morgan fingerprint density at radius 3 is 2.74 bits per heavy atom.